The van der Waals surface area contributed by atoms with Gasteiger partial charge in [-0.05, 0) is 24.4 Å². The van der Waals surface area contributed by atoms with Crippen LogP contribution in [-0.2, 0) is 11.2 Å². The molecule has 1 N–H and O–H groups in total. The van der Waals surface area contributed by atoms with E-state index in [1.807, 2.05) is 13.1 Å². The van der Waals surface area contributed by atoms with Crippen LogP contribution >= 0.6 is 23.6 Å². The van der Waals surface area contributed by atoms with Gasteiger partial charge in [0, 0.05) is 24.4 Å². The average Bonchev–Trinajstić information content (AvgIpc) is 3.13. The Morgan fingerprint density at radius 2 is 2.29 bits per heavy atom. The number of thiophene rings is 1. The van der Waals surface area contributed by atoms with Gasteiger partial charge in [-0.25, -0.2) is 0 Å². The summed E-state index contributed by atoms with van der Waals surface area (Å²) in [5, 5.41) is 12.6. The second kappa shape index (κ2) is 6.50. The summed E-state index contributed by atoms with van der Waals surface area (Å²) in [4.78, 5) is 3.44. The molecule has 1 saturated heterocycles. The molecule has 0 saturated carbocycles. The Hall–Kier alpha value is -1.51. The Labute approximate surface area is 132 Å². The first-order valence-corrected chi connectivity index (χ1v) is 8.13. The maximum atomic E-state index is 5.37. The smallest absolute Gasteiger partial charge is 0.216 e. The molecule has 0 aliphatic carbocycles. The normalized spacial score (nSPS) is 16.0. The van der Waals surface area contributed by atoms with Gasteiger partial charge < -0.3 is 9.64 Å². The lowest BCUT2D eigenvalue weighted by Crippen LogP contribution is -2.35. The van der Waals surface area contributed by atoms with Crippen molar-refractivity contribution < 1.29 is 4.74 Å². The van der Waals surface area contributed by atoms with Crippen LogP contribution in [0.15, 0.2) is 17.2 Å². The summed E-state index contributed by atoms with van der Waals surface area (Å²) in [6.45, 7) is 5.52. The van der Waals surface area contributed by atoms with Crippen molar-refractivity contribution in [1.29, 1.82) is 0 Å². The second-order valence-corrected chi connectivity index (χ2v) is 6.11. The number of rotatable bonds is 4. The van der Waals surface area contributed by atoms with E-state index in [0.29, 0.717) is 4.77 Å². The maximum Gasteiger partial charge on any atom is 0.216 e. The fourth-order valence-corrected chi connectivity index (χ4v) is 3.28. The van der Waals surface area contributed by atoms with Gasteiger partial charge in [-0.2, -0.15) is 14.9 Å². The molecule has 2 aromatic heterocycles. The molecule has 1 aliphatic heterocycles. The third kappa shape index (κ3) is 3.22. The predicted molar refractivity (Wildman–Crippen MR) is 87.1 cm³/mol. The van der Waals surface area contributed by atoms with Crippen LogP contribution in [0.25, 0.3) is 0 Å². The lowest BCUT2D eigenvalue weighted by atomic mass is 10.4. The minimum atomic E-state index is 0.521. The van der Waals surface area contributed by atoms with E-state index in [2.05, 4.69) is 32.3 Å². The van der Waals surface area contributed by atoms with Gasteiger partial charge in [0.25, 0.3) is 0 Å². The molecule has 6 nitrogen and oxygen atoms in total. The first-order chi connectivity index (χ1) is 10.3. The summed E-state index contributed by atoms with van der Waals surface area (Å²) in [6.07, 6.45) is 2.62. The quantitative estimate of drug-likeness (QED) is 0.693. The molecular weight excluding hydrogens is 306 g/mol. The van der Waals surface area contributed by atoms with Crippen molar-refractivity contribution >= 4 is 34.8 Å². The third-order valence-electron chi connectivity index (χ3n) is 3.27. The van der Waals surface area contributed by atoms with Crippen LogP contribution in [0, 0.1) is 4.77 Å². The molecule has 0 radical (unpaired) electrons. The van der Waals surface area contributed by atoms with Crippen molar-refractivity contribution in [3.8, 4) is 0 Å². The average molecular weight is 323 g/mol. The largest absolute Gasteiger partial charge is 0.378 e. The highest BCUT2D eigenvalue weighted by atomic mass is 32.1. The molecule has 0 bridgehead atoms. The molecule has 112 valence electrons. The van der Waals surface area contributed by atoms with Crippen molar-refractivity contribution in [3.63, 3.8) is 0 Å². The summed E-state index contributed by atoms with van der Waals surface area (Å²) in [6, 6.07) is 4.21. The van der Waals surface area contributed by atoms with E-state index in [1.54, 1.807) is 16.0 Å². The Balaban J connectivity index is 1.76. The van der Waals surface area contributed by atoms with Crippen LogP contribution < -0.4 is 4.90 Å². The van der Waals surface area contributed by atoms with Crippen LogP contribution in [0.5, 0.6) is 0 Å². The Morgan fingerprint density at radius 3 is 3.05 bits per heavy atom. The van der Waals surface area contributed by atoms with E-state index in [9.17, 15) is 0 Å². The predicted octanol–water partition coefficient (Wildman–Crippen LogP) is 2.28. The Morgan fingerprint density at radius 1 is 1.48 bits per heavy atom. The van der Waals surface area contributed by atoms with Crippen molar-refractivity contribution in [1.82, 2.24) is 14.9 Å². The van der Waals surface area contributed by atoms with Gasteiger partial charge in [0.05, 0.1) is 24.4 Å². The fourth-order valence-electron chi connectivity index (χ4n) is 2.15. The summed E-state index contributed by atoms with van der Waals surface area (Å²) in [5.74, 6) is 0.834. The van der Waals surface area contributed by atoms with Crippen LogP contribution in [0.1, 0.15) is 17.6 Å². The molecule has 1 aliphatic rings. The van der Waals surface area contributed by atoms with Gasteiger partial charge in [0.1, 0.15) is 0 Å². The lowest BCUT2D eigenvalue weighted by Gasteiger charge is -2.27. The molecule has 0 atom stereocenters. The number of nitrogens with one attached hydrogen (secondary N) is 1. The zero-order valence-corrected chi connectivity index (χ0v) is 13.4. The number of ether oxygens (including phenoxy) is 1. The molecular formula is C13H17N5OS2. The van der Waals surface area contributed by atoms with E-state index in [4.69, 9.17) is 17.0 Å². The van der Waals surface area contributed by atoms with E-state index < -0.39 is 0 Å². The van der Waals surface area contributed by atoms with E-state index >= 15 is 0 Å². The van der Waals surface area contributed by atoms with Gasteiger partial charge >= 0.3 is 0 Å². The molecule has 21 heavy (non-hydrogen) atoms. The van der Waals surface area contributed by atoms with Crippen molar-refractivity contribution in [3.05, 3.63) is 27.6 Å². The molecule has 8 heteroatoms. The number of aromatic amines is 1. The molecule has 2 aromatic rings. The summed E-state index contributed by atoms with van der Waals surface area (Å²) < 4.78 is 7.57. The lowest BCUT2D eigenvalue weighted by molar-refractivity contribution is 0.123. The highest BCUT2D eigenvalue weighted by Gasteiger charge is 2.12. The summed E-state index contributed by atoms with van der Waals surface area (Å²) >= 11 is 6.90. The zero-order valence-electron chi connectivity index (χ0n) is 11.8. The fraction of sp³-hybridized carbons (Fsp3) is 0.462. The summed E-state index contributed by atoms with van der Waals surface area (Å²) in [7, 11) is 0. The molecule has 3 heterocycles. The Kier molecular flexibility index (Phi) is 4.47. The number of H-pyrrole nitrogens is 1. The number of anilines is 1. The minimum Gasteiger partial charge on any atom is -0.378 e. The van der Waals surface area contributed by atoms with Crippen LogP contribution in [-0.4, -0.2) is 47.4 Å². The molecule has 0 spiro atoms. The van der Waals surface area contributed by atoms with Gasteiger partial charge in [-0.15, -0.1) is 11.3 Å². The second-order valence-electron chi connectivity index (χ2n) is 4.63. The highest BCUT2D eigenvalue weighted by Crippen LogP contribution is 2.25. The zero-order chi connectivity index (χ0) is 14.7. The van der Waals surface area contributed by atoms with E-state index in [-0.39, 0.29) is 0 Å². The van der Waals surface area contributed by atoms with Crippen molar-refractivity contribution in [2.24, 2.45) is 5.10 Å². The standard InChI is InChI=1S/C13H17N5OS2/c1-2-11-15-16-13(20)18(11)14-9-10-3-4-12(21-10)17-5-7-19-8-6-17/h3-4,9H,2,5-8H2,1H3,(H,16,20)/b14-9-. The molecule has 0 amide bonds. The number of hydrogen-bond acceptors (Lipinski definition) is 6. The first-order valence-electron chi connectivity index (χ1n) is 6.91. The molecule has 0 unspecified atom stereocenters. The minimum absolute atomic E-state index is 0.521. The first kappa shape index (κ1) is 14.4. The van der Waals surface area contributed by atoms with E-state index in [0.717, 1.165) is 43.4 Å². The summed E-state index contributed by atoms with van der Waals surface area (Å²) in [5.41, 5.74) is 0. The SMILES string of the molecule is CCc1n[nH]c(=S)n1/N=C\c1ccc(N2CCOCC2)s1. The maximum absolute atomic E-state index is 5.37. The Bertz CT molecular complexity index is 681. The third-order valence-corrected chi connectivity index (χ3v) is 4.61. The number of nitrogens with zero attached hydrogens (tertiary/aromatic N) is 4. The van der Waals surface area contributed by atoms with Gasteiger partial charge in [0.15, 0.2) is 5.82 Å². The molecule has 3 rings (SSSR count). The molecule has 1 fully saturated rings. The molecule has 0 aromatic carbocycles. The number of aryl methyl sites for hydroxylation is 1. The number of hydrogen-bond donors (Lipinski definition) is 1. The highest BCUT2D eigenvalue weighted by molar-refractivity contribution is 7.71. The van der Waals surface area contributed by atoms with Crippen molar-refractivity contribution in [2.75, 3.05) is 31.2 Å². The van der Waals surface area contributed by atoms with Gasteiger partial charge in [0.2, 0.25) is 4.77 Å². The monoisotopic (exact) mass is 323 g/mol. The van der Waals surface area contributed by atoms with Crippen molar-refractivity contribution in [2.45, 2.75) is 13.3 Å². The number of aromatic nitrogens is 3. The van der Waals surface area contributed by atoms with Gasteiger partial charge in [-0.3, -0.25) is 5.10 Å². The van der Waals surface area contributed by atoms with Crippen LogP contribution in [0.3, 0.4) is 0 Å². The van der Waals surface area contributed by atoms with Gasteiger partial charge in [-0.1, -0.05) is 6.92 Å². The number of morpholine rings is 1. The van der Waals surface area contributed by atoms with E-state index in [1.165, 1.54) is 5.00 Å². The topological polar surface area (TPSA) is 58.4 Å². The van der Waals surface area contributed by atoms with Crippen LogP contribution in [0.4, 0.5) is 5.00 Å². The van der Waals surface area contributed by atoms with Crippen LogP contribution in [0.2, 0.25) is 0 Å².